The van der Waals surface area contributed by atoms with Crippen molar-refractivity contribution < 1.29 is 305 Å². The molecule has 0 aromatic carbocycles. The first-order chi connectivity index (χ1) is 17.3. The second-order valence-corrected chi connectivity index (χ2v) is 2.83. The molecular formula is C10H25Na5O30. The summed E-state index contributed by atoms with van der Waals surface area (Å²) in [5, 5.41) is 139. The Balaban J connectivity index is -0.0000000109. The van der Waals surface area contributed by atoms with Gasteiger partial charge in [-0.05, 0) is 0 Å². The smallest absolute Gasteiger partial charge is 1.00 e. The van der Waals surface area contributed by atoms with Gasteiger partial charge in [-0.15, -0.1) is 0 Å². The van der Waals surface area contributed by atoms with E-state index in [-0.39, 0.29) is 155 Å². The molecule has 30 nitrogen and oxygen atoms in total. The van der Waals surface area contributed by atoms with Gasteiger partial charge in [0.2, 0.25) is 0 Å². The zero-order valence-electron chi connectivity index (χ0n) is 28.0. The van der Waals surface area contributed by atoms with E-state index in [0.717, 1.165) is 0 Å². The molecule has 45 heavy (non-hydrogen) atoms. The average molecular weight is 740 g/mol. The number of carboxylic acid groups (broad SMARTS) is 20. The van der Waals surface area contributed by atoms with E-state index in [4.69, 9.17) is 150 Å². The van der Waals surface area contributed by atoms with Crippen LogP contribution in [0.2, 0.25) is 0 Å². The van der Waals surface area contributed by atoms with Gasteiger partial charge in [-0.3, -0.25) is 0 Å². The fraction of sp³-hybridized carbons (Fsp3) is 0. The van der Waals surface area contributed by atoms with Crippen LogP contribution in [-0.4, -0.2) is 164 Å². The van der Waals surface area contributed by atoms with E-state index < -0.39 is 61.6 Å². The van der Waals surface area contributed by atoms with Crippen molar-refractivity contribution in [1.82, 2.24) is 0 Å². The van der Waals surface area contributed by atoms with Gasteiger partial charge in [0.25, 0.3) is 0 Å². The van der Waals surface area contributed by atoms with Crippen LogP contribution < -0.4 is 148 Å². The SMILES string of the molecule is O=C(O)O.O=C(O)O.O=C(O)O.O=C(O)O.O=C(O)O.O=C(O)O.O=C(O)O.O=C(O)O.O=C(O)O.O=C(O)O.[H-].[H-].[H-].[H-].[H-].[Na+].[Na+].[Na+].[Na+].[Na+]. The first kappa shape index (κ1) is 96.8. The van der Waals surface area contributed by atoms with Crippen molar-refractivity contribution in [2.75, 3.05) is 0 Å². The Morgan fingerprint density at radius 3 is 0.178 bits per heavy atom. The van der Waals surface area contributed by atoms with Crippen molar-refractivity contribution in [3.63, 3.8) is 0 Å². The molecule has 0 amide bonds. The van der Waals surface area contributed by atoms with Crippen molar-refractivity contribution in [2.24, 2.45) is 0 Å². The van der Waals surface area contributed by atoms with Crippen LogP contribution in [0.1, 0.15) is 7.13 Å². The van der Waals surface area contributed by atoms with Crippen molar-refractivity contribution >= 4 is 61.6 Å². The molecule has 0 atom stereocenters. The Hall–Kier alpha value is -2.30. The van der Waals surface area contributed by atoms with Crippen LogP contribution in [0, 0.1) is 0 Å². The standard InChI is InChI=1S/10CH2O3.5Na.5H/c10*2-1(3)4;;;;;;;;;;/h10*(H2,2,3,4);;;;;;;;;;/q;;;;;;;;;;5*+1;5*-1. The zero-order valence-corrected chi connectivity index (χ0v) is 33.0. The Bertz CT molecular complexity index is 508. The fourth-order valence-electron chi connectivity index (χ4n) is 0. The van der Waals surface area contributed by atoms with Crippen LogP contribution in [-0.2, 0) is 0 Å². The molecule has 0 aliphatic carbocycles. The summed E-state index contributed by atoms with van der Waals surface area (Å²) in [6, 6.07) is 0. The van der Waals surface area contributed by atoms with Crippen molar-refractivity contribution in [3.05, 3.63) is 0 Å². The van der Waals surface area contributed by atoms with Gasteiger partial charge in [0.1, 0.15) is 0 Å². The summed E-state index contributed by atoms with van der Waals surface area (Å²) in [6.45, 7) is 0. The van der Waals surface area contributed by atoms with Crippen molar-refractivity contribution in [3.8, 4) is 0 Å². The summed E-state index contributed by atoms with van der Waals surface area (Å²) in [6.07, 6.45) is -18.3. The molecule has 0 rings (SSSR count). The Morgan fingerprint density at radius 1 is 0.178 bits per heavy atom. The Kier molecular flexibility index (Phi) is 194. The summed E-state index contributed by atoms with van der Waals surface area (Å²) in [5.74, 6) is 0. The first-order valence-corrected chi connectivity index (χ1v) is 6.51. The maximum Gasteiger partial charge on any atom is 1.00 e. The molecule has 250 valence electrons. The van der Waals surface area contributed by atoms with Gasteiger partial charge >= 0.3 is 209 Å². The van der Waals surface area contributed by atoms with Crippen molar-refractivity contribution in [2.45, 2.75) is 0 Å². The van der Waals surface area contributed by atoms with E-state index in [1.165, 1.54) is 0 Å². The molecular weight excluding hydrogens is 715 g/mol. The van der Waals surface area contributed by atoms with E-state index in [1.54, 1.807) is 0 Å². The monoisotopic (exact) mass is 740 g/mol. The third-order valence-electron chi connectivity index (χ3n) is 0. The molecule has 0 bridgehead atoms. The molecule has 0 unspecified atom stereocenters. The van der Waals surface area contributed by atoms with Gasteiger partial charge in [0.15, 0.2) is 0 Å². The van der Waals surface area contributed by atoms with Crippen LogP contribution >= 0.6 is 0 Å². The Labute approximate surface area is 362 Å². The number of hydrogen-bond donors (Lipinski definition) is 20. The minimum Gasteiger partial charge on any atom is -1.00 e. The van der Waals surface area contributed by atoms with Gasteiger partial charge in [-0.2, -0.15) is 0 Å². The van der Waals surface area contributed by atoms with Gasteiger partial charge in [-0.25, -0.2) is 47.9 Å². The predicted molar refractivity (Wildman–Crippen MR) is 112 cm³/mol. The topological polar surface area (TPSA) is 575 Å². The zero-order chi connectivity index (χ0) is 35.8. The molecule has 0 fully saturated rings. The minimum atomic E-state index is -1.83. The van der Waals surface area contributed by atoms with Crippen LogP contribution in [0.25, 0.3) is 0 Å². The molecule has 0 aromatic rings. The van der Waals surface area contributed by atoms with Gasteiger partial charge in [0, 0.05) is 0 Å². The quantitative estimate of drug-likeness (QED) is 0.102. The largest absolute Gasteiger partial charge is 1.00 e. The van der Waals surface area contributed by atoms with Crippen LogP contribution in [0.15, 0.2) is 0 Å². The molecule has 0 heterocycles. The second kappa shape index (κ2) is 90.0. The van der Waals surface area contributed by atoms with Gasteiger partial charge in [0.05, 0.1) is 0 Å². The van der Waals surface area contributed by atoms with E-state index in [1.807, 2.05) is 0 Å². The van der Waals surface area contributed by atoms with E-state index >= 15 is 0 Å². The molecule has 0 aromatic heterocycles. The van der Waals surface area contributed by atoms with Crippen LogP contribution in [0.3, 0.4) is 0 Å². The third kappa shape index (κ3) is 12400. The summed E-state index contributed by atoms with van der Waals surface area (Å²) < 4.78 is 0. The molecule has 0 spiro atoms. The summed E-state index contributed by atoms with van der Waals surface area (Å²) in [5.41, 5.74) is 0. The molecule has 0 radical (unpaired) electrons. The van der Waals surface area contributed by atoms with Crippen LogP contribution in [0.5, 0.6) is 0 Å². The van der Waals surface area contributed by atoms with Crippen molar-refractivity contribution in [1.29, 1.82) is 0 Å². The second-order valence-electron chi connectivity index (χ2n) is 2.83. The summed E-state index contributed by atoms with van der Waals surface area (Å²) in [4.78, 5) is 85.6. The molecule has 0 aliphatic rings. The first-order valence-electron chi connectivity index (χ1n) is 6.51. The molecule has 0 aliphatic heterocycles. The fourth-order valence-corrected chi connectivity index (χ4v) is 0. The number of rotatable bonds is 0. The molecule has 35 heteroatoms. The summed E-state index contributed by atoms with van der Waals surface area (Å²) >= 11 is 0. The predicted octanol–water partition coefficient (Wildman–Crippen LogP) is -12.2. The maximum atomic E-state index is 8.56. The average Bonchev–Trinajstić information content (AvgIpc) is 2.47. The Morgan fingerprint density at radius 2 is 0.178 bits per heavy atom. The van der Waals surface area contributed by atoms with Gasteiger partial charge in [-0.1, -0.05) is 0 Å². The van der Waals surface area contributed by atoms with E-state index in [9.17, 15) is 0 Å². The van der Waals surface area contributed by atoms with E-state index in [0.29, 0.717) is 0 Å². The number of hydrogen-bond acceptors (Lipinski definition) is 10. The van der Waals surface area contributed by atoms with Gasteiger partial charge < -0.3 is 109 Å². The minimum absolute atomic E-state index is 0. The molecule has 0 saturated heterocycles. The normalized spacial score (nSPS) is 5.33. The summed E-state index contributed by atoms with van der Waals surface area (Å²) in [7, 11) is 0. The number of carbonyl (C=O) groups is 10. The maximum absolute atomic E-state index is 8.56. The molecule has 0 saturated carbocycles. The van der Waals surface area contributed by atoms with Crippen LogP contribution in [0.4, 0.5) is 47.9 Å². The van der Waals surface area contributed by atoms with E-state index in [2.05, 4.69) is 0 Å². The molecule has 20 N–H and O–H groups in total. The third-order valence-corrected chi connectivity index (χ3v) is 0.